The first-order valence-corrected chi connectivity index (χ1v) is 7.72. The van der Waals surface area contributed by atoms with E-state index in [1.807, 2.05) is 6.07 Å². The lowest BCUT2D eigenvalue weighted by Gasteiger charge is -2.39. The Morgan fingerprint density at radius 1 is 1.27 bits per heavy atom. The van der Waals surface area contributed by atoms with Crippen molar-refractivity contribution in [1.29, 1.82) is 0 Å². The van der Waals surface area contributed by atoms with Gasteiger partial charge in [0.2, 0.25) is 0 Å². The number of fused-ring (bicyclic) bond motifs is 3. The van der Waals surface area contributed by atoms with Gasteiger partial charge in [-0.15, -0.1) is 0 Å². The first-order valence-electron chi connectivity index (χ1n) is 7.72. The minimum Gasteiger partial charge on any atom is -0.493 e. The smallest absolute Gasteiger partial charge is 0.165 e. The highest BCUT2D eigenvalue weighted by molar-refractivity contribution is 5.89. The summed E-state index contributed by atoms with van der Waals surface area (Å²) in [6.07, 6.45) is 1.40. The summed E-state index contributed by atoms with van der Waals surface area (Å²) in [5.74, 6) is 1.71. The Labute approximate surface area is 130 Å². The summed E-state index contributed by atoms with van der Waals surface area (Å²) in [6, 6.07) is 6.31. The number of hydrogen-bond acceptors (Lipinski definition) is 5. The van der Waals surface area contributed by atoms with Gasteiger partial charge in [-0.25, -0.2) is 0 Å². The van der Waals surface area contributed by atoms with Gasteiger partial charge in [0.15, 0.2) is 17.3 Å². The fourth-order valence-electron chi connectivity index (χ4n) is 4.43. The molecule has 0 unspecified atom stereocenters. The first-order chi connectivity index (χ1) is 10.6. The van der Waals surface area contributed by atoms with Crippen LogP contribution >= 0.6 is 0 Å². The molecule has 2 aliphatic heterocycles. The van der Waals surface area contributed by atoms with Crippen LogP contribution in [0.15, 0.2) is 18.2 Å². The van der Waals surface area contributed by atoms with E-state index in [9.17, 15) is 4.79 Å². The van der Waals surface area contributed by atoms with Gasteiger partial charge in [0.25, 0.3) is 0 Å². The van der Waals surface area contributed by atoms with Gasteiger partial charge in [-0.05, 0) is 37.7 Å². The van der Waals surface area contributed by atoms with Crippen molar-refractivity contribution in [3.05, 3.63) is 23.8 Å². The molecule has 4 atom stereocenters. The molecule has 5 heteroatoms. The number of carbonyl (C=O) groups excluding carboxylic acids is 1. The molecule has 3 fully saturated rings. The lowest BCUT2D eigenvalue weighted by atomic mass is 9.65. The van der Waals surface area contributed by atoms with Crippen molar-refractivity contribution in [2.75, 3.05) is 27.8 Å². The van der Waals surface area contributed by atoms with Crippen LogP contribution in [0.5, 0.6) is 11.5 Å². The number of hydrogen-bond donors (Lipinski definition) is 0. The van der Waals surface area contributed by atoms with Crippen LogP contribution in [-0.2, 0) is 14.9 Å². The molecule has 0 spiro atoms. The number of rotatable bonds is 3. The number of epoxide rings is 1. The first kappa shape index (κ1) is 14.0. The second-order valence-corrected chi connectivity index (χ2v) is 6.50. The molecule has 5 nitrogen and oxygen atoms in total. The third-order valence-electron chi connectivity index (χ3n) is 5.64. The molecular weight excluding hydrogens is 282 g/mol. The Balaban J connectivity index is 1.81. The average molecular weight is 303 g/mol. The van der Waals surface area contributed by atoms with Crippen LogP contribution in [0.3, 0.4) is 0 Å². The van der Waals surface area contributed by atoms with E-state index in [0.717, 1.165) is 24.5 Å². The molecule has 4 rings (SSSR count). The van der Waals surface area contributed by atoms with Crippen LogP contribution in [-0.4, -0.2) is 56.7 Å². The van der Waals surface area contributed by atoms with Crippen LogP contribution < -0.4 is 9.47 Å². The molecule has 0 bridgehead atoms. The number of carbonyl (C=O) groups is 1. The van der Waals surface area contributed by atoms with E-state index in [1.165, 1.54) is 5.56 Å². The number of benzene rings is 1. The van der Waals surface area contributed by atoms with E-state index >= 15 is 0 Å². The van der Waals surface area contributed by atoms with Gasteiger partial charge < -0.3 is 19.1 Å². The molecule has 0 radical (unpaired) electrons. The summed E-state index contributed by atoms with van der Waals surface area (Å²) in [6.45, 7) is 0.985. The summed E-state index contributed by atoms with van der Waals surface area (Å²) in [7, 11) is 5.39. The highest BCUT2D eigenvalue weighted by atomic mass is 16.6. The van der Waals surface area contributed by atoms with Crippen LogP contribution in [0.4, 0.5) is 0 Å². The Hall–Kier alpha value is -1.59. The van der Waals surface area contributed by atoms with E-state index < -0.39 is 0 Å². The van der Waals surface area contributed by atoms with Gasteiger partial charge in [0.1, 0.15) is 12.2 Å². The lowest BCUT2D eigenvalue weighted by Crippen LogP contribution is -2.51. The molecule has 2 saturated heterocycles. The highest BCUT2D eigenvalue weighted by Gasteiger charge is 2.68. The summed E-state index contributed by atoms with van der Waals surface area (Å²) < 4.78 is 16.6. The minimum atomic E-state index is -0.198. The normalized spacial score (nSPS) is 36.7. The number of methoxy groups -OCH3 is 2. The third-order valence-corrected chi connectivity index (χ3v) is 5.64. The predicted molar refractivity (Wildman–Crippen MR) is 80.5 cm³/mol. The van der Waals surface area contributed by atoms with Crippen molar-refractivity contribution in [2.24, 2.45) is 0 Å². The third kappa shape index (κ3) is 1.69. The maximum Gasteiger partial charge on any atom is 0.165 e. The molecular formula is C17H21NO4. The molecule has 3 aliphatic rings. The van der Waals surface area contributed by atoms with Crippen LogP contribution in [0.2, 0.25) is 0 Å². The minimum absolute atomic E-state index is 0.0156. The van der Waals surface area contributed by atoms with E-state index in [0.29, 0.717) is 6.42 Å². The zero-order valence-corrected chi connectivity index (χ0v) is 13.2. The van der Waals surface area contributed by atoms with Gasteiger partial charge in [-0.2, -0.15) is 0 Å². The molecule has 2 heterocycles. The van der Waals surface area contributed by atoms with Gasteiger partial charge >= 0.3 is 0 Å². The Bertz CT molecular complexity index is 631. The molecule has 22 heavy (non-hydrogen) atoms. The number of likely N-dealkylation sites (N-methyl/N-ethyl adjacent to an activating group) is 1. The zero-order valence-electron chi connectivity index (χ0n) is 13.2. The molecule has 1 aliphatic carbocycles. The van der Waals surface area contributed by atoms with Gasteiger partial charge in [0, 0.05) is 17.9 Å². The van der Waals surface area contributed by atoms with Gasteiger partial charge in [-0.1, -0.05) is 6.07 Å². The second-order valence-electron chi connectivity index (χ2n) is 6.50. The standard InChI is InChI=1S/C17H21NO4/c1-18-7-6-17(14(18)9-11(19)15-16(17)22-15)10-4-5-12(20-2)13(8-10)21-3/h4-5,8,14-16H,6-7,9H2,1-3H3/t14-,15-,16-,17-/m0/s1. The maximum absolute atomic E-state index is 12.1. The largest absolute Gasteiger partial charge is 0.493 e. The van der Waals surface area contributed by atoms with E-state index in [2.05, 4.69) is 24.1 Å². The van der Waals surface area contributed by atoms with E-state index in [4.69, 9.17) is 14.2 Å². The molecule has 118 valence electrons. The summed E-state index contributed by atoms with van der Waals surface area (Å²) in [4.78, 5) is 14.4. The Morgan fingerprint density at radius 3 is 2.77 bits per heavy atom. The number of likely N-dealkylation sites (tertiary alicyclic amines) is 1. The summed E-state index contributed by atoms with van der Waals surface area (Å²) >= 11 is 0. The predicted octanol–water partition coefficient (Wildman–Crippen LogP) is 1.39. The maximum atomic E-state index is 12.1. The molecule has 0 amide bonds. The monoisotopic (exact) mass is 303 g/mol. The van der Waals surface area contributed by atoms with Gasteiger partial charge in [0.05, 0.1) is 14.2 Å². The fourth-order valence-corrected chi connectivity index (χ4v) is 4.43. The summed E-state index contributed by atoms with van der Waals surface area (Å²) in [5.41, 5.74) is 1.09. The highest BCUT2D eigenvalue weighted by Crippen LogP contribution is 2.56. The van der Waals surface area contributed by atoms with Crippen LogP contribution in [0, 0.1) is 0 Å². The fraction of sp³-hybridized carbons (Fsp3) is 0.588. The number of ether oxygens (including phenoxy) is 3. The van der Waals surface area contributed by atoms with E-state index in [1.54, 1.807) is 14.2 Å². The topological polar surface area (TPSA) is 51.3 Å². The Kier molecular flexibility index (Phi) is 3.00. The number of ketones is 1. The molecule has 1 aromatic carbocycles. The number of Topliss-reactive ketones (excluding diaryl/α,β-unsaturated/α-hetero) is 1. The van der Waals surface area contributed by atoms with Crippen molar-refractivity contribution in [1.82, 2.24) is 4.90 Å². The van der Waals surface area contributed by atoms with Crippen molar-refractivity contribution in [2.45, 2.75) is 36.5 Å². The SMILES string of the molecule is COc1ccc([C@@]23CCN(C)[C@H]2CC(=O)[C@@H]2O[C@@H]23)cc1OC. The van der Waals surface area contributed by atoms with Crippen molar-refractivity contribution in [3.8, 4) is 11.5 Å². The Morgan fingerprint density at radius 2 is 2.05 bits per heavy atom. The van der Waals surface area contributed by atoms with Crippen LogP contribution in [0.1, 0.15) is 18.4 Å². The molecule has 1 aromatic rings. The second kappa shape index (κ2) is 4.70. The van der Waals surface area contributed by atoms with Crippen LogP contribution in [0.25, 0.3) is 0 Å². The van der Waals surface area contributed by atoms with E-state index in [-0.39, 0.29) is 29.4 Å². The molecule has 0 aromatic heterocycles. The van der Waals surface area contributed by atoms with Gasteiger partial charge in [-0.3, -0.25) is 4.79 Å². The zero-order chi connectivity index (χ0) is 15.5. The average Bonchev–Trinajstić information content (AvgIpc) is 3.29. The molecule has 0 N–H and O–H groups in total. The number of nitrogens with zero attached hydrogens (tertiary/aromatic N) is 1. The quantitative estimate of drug-likeness (QED) is 0.790. The van der Waals surface area contributed by atoms with Crippen molar-refractivity contribution < 1.29 is 19.0 Å². The lowest BCUT2D eigenvalue weighted by molar-refractivity contribution is -0.122. The summed E-state index contributed by atoms with van der Waals surface area (Å²) in [5, 5.41) is 0. The molecule has 1 saturated carbocycles. The van der Waals surface area contributed by atoms with Crippen molar-refractivity contribution >= 4 is 5.78 Å². The van der Waals surface area contributed by atoms with Crippen molar-refractivity contribution in [3.63, 3.8) is 0 Å².